The van der Waals surface area contributed by atoms with Crippen LogP contribution in [0.5, 0.6) is 11.5 Å². The predicted octanol–water partition coefficient (Wildman–Crippen LogP) is 6.12. The van der Waals surface area contributed by atoms with Crippen molar-refractivity contribution in [3.8, 4) is 11.5 Å². The standard InChI is InChI=1S/C19H22ClFIN3O2Si/c1-28(2,3)7-6-26-11-25-10-15(22)17-18(13(20)9-24-19(17)25)27-16-5-4-12(23)8-14(16)21/h4-5,8-10H,6-7,11,23H2,1-3H3. The zero-order chi connectivity index (χ0) is 20.5. The number of anilines is 1. The first-order valence-corrected chi connectivity index (χ1v) is 14.0. The van der Waals surface area contributed by atoms with Crippen molar-refractivity contribution in [2.75, 3.05) is 12.3 Å². The Labute approximate surface area is 183 Å². The smallest absolute Gasteiger partial charge is 0.167 e. The lowest BCUT2D eigenvalue weighted by Gasteiger charge is -2.15. The summed E-state index contributed by atoms with van der Waals surface area (Å²) in [7, 11) is -1.15. The highest BCUT2D eigenvalue weighted by Crippen LogP contribution is 2.39. The minimum Gasteiger partial charge on any atom is -0.452 e. The van der Waals surface area contributed by atoms with E-state index in [4.69, 9.17) is 26.8 Å². The fraction of sp³-hybridized carbons (Fsp3) is 0.316. The summed E-state index contributed by atoms with van der Waals surface area (Å²) in [6.07, 6.45) is 3.43. The molecule has 0 fully saturated rings. The summed E-state index contributed by atoms with van der Waals surface area (Å²) in [5.74, 6) is -0.135. The number of nitrogen functional groups attached to an aromatic ring is 1. The average molecular weight is 534 g/mol. The van der Waals surface area contributed by atoms with E-state index in [1.54, 1.807) is 6.07 Å². The molecule has 0 saturated carbocycles. The third kappa shape index (κ3) is 4.97. The van der Waals surface area contributed by atoms with Crippen LogP contribution in [0, 0.1) is 9.39 Å². The monoisotopic (exact) mass is 533 g/mol. The fourth-order valence-electron chi connectivity index (χ4n) is 2.61. The number of rotatable bonds is 7. The van der Waals surface area contributed by atoms with Crippen LogP contribution in [0.2, 0.25) is 30.7 Å². The molecule has 0 radical (unpaired) electrons. The van der Waals surface area contributed by atoms with Gasteiger partial charge in [0.1, 0.15) is 17.4 Å². The summed E-state index contributed by atoms with van der Waals surface area (Å²) in [5, 5.41) is 1.03. The molecule has 0 bridgehead atoms. The van der Waals surface area contributed by atoms with Crippen LogP contribution in [-0.2, 0) is 11.5 Å². The van der Waals surface area contributed by atoms with Gasteiger partial charge in [-0.25, -0.2) is 9.37 Å². The van der Waals surface area contributed by atoms with Gasteiger partial charge in [-0.15, -0.1) is 0 Å². The van der Waals surface area contributed by atoms with Gasteiger partial charge in [-0.05, 0) is 40.8 Å². The van der Waals surface area contributed by atoms with Crippen LogP contribution in [0.4, 0.5) is 10.1 Å². The van der Waals surface area contributed by atoms with Gasteiger partial charge in [0, 0.05) is 36.2 Å². The molecule has 9 heteroatoms. The molecule has 5 nitrogen and oxygen atoms in total. The van der Waals surface area contributed by atoms with Gasteiger partial charge >= 0.3 is 0 Å². The fourth-order valence-corrected chi connectivity index (χ4v) is 4.37. The van der Waals surface area contributed by atoms with E-state index in [2.05, 4.69) is 47.2 Å². The molecule has 2 aromatic heterocycles. The van der Waals surface area contributed by atoms with Crippen molar-refractivity contribution in [2.45, 2.75) is 32.4 Å². The van der Waals surface area contributed by atoms with E-state index in [0.717, 1.165) is 15.0 Å². The number of hydrogen-bond acceptors (Lipinski definition) is 4. The molecule has 0 aliphatic carbocycles. The predicted molar refractivity (Wildman–Crippen MR) is 122 cm³/mol. The van der Waals surface area contributed by atoms with Gasteiger partial charge in [-0.2, -0.15) is 0 Å². The molecular formula is C19H22ClFIN3O2Si. The molecule has 0 aliphatic rings. The maximum absolute atomic E-state index is 14.2. The Morgan fingerprint density at radius 2 is 2.07 bits per heavy atom. The second kappa shape index (κ2) is 8.56. The number of halogens is 3. The molecule has 0 aliphatic heterocycles. The van der Waals surface area contributed by atoms with E-state index in [0.29, 0.717) is 35.4 Å². The second-order valence-corrected chi connectivity index (χ2v) is 14.9. The van der Waals surface area contributed by atoms with Crippen LogP contribution in [0.25, 0.3) is 11.0 Å². The van der Waals surface area contributed by atoms with Crippen LogP contribution in [0.1, 0.15) is 0 Å². The van der Waals surface area contributed by atoms with E-state index in [9.17, 15) is 4.39 Å². The number of nitrogens with two attached hydrogens (primary N) is 1. The normalized spacial score (nSPS) is 11.9. The Morgan fingerprint density at radius 3 is 2.75 bits per heavy atom. The van der Waals surface area contributed by atoms with Gasteiger partial charge in [-0.3, -0.25) is 0 Å². The molecule has 0 spiro atoms. The minimum absolute atomic E-state index is 0.0542. The topological polar surface area (TPSA) is 62.3 Å². The van der Waals surface area contributed by atoms with Crippen molar-refractivity contribution in [2.24, 2.45) is 0 Å². The summed E-state index contributed by atoms with van der Waals surface area (Å²) in [5.41, 5.74) is 6.61. The van der Waals surface area contributed by atoms with E-state index in [1.807, 2.05) is 10.8 Å². The lowest BCUT2D eigenvalue weighted by Crippen LogP contribution is -2.22. The molecule has 3 aromatic rings. The first-order chi connectivity index (χ1) is 13.2. The van der Waals surface area contributed by atoms with Gasteiger partial charge in [0.15, 0.2) is 17.3 Å². The lowest BCUT2D eigenvalue weighted by molar-refractivity contribution is 0.0898. The number of hydrogen-bond donors (Lipinski definition) is 1. The van der Waals surface area contributed by atoms with Crippen LogP contribution >= 0.6 is 34.2 Å². The summed E-state index contributed by atoms with van der Waals surface area (Å²) in [4.78, 5) is 4.43. The van der Waals surface area contributed by atoms with Gasteiger partial charge in [0.2, 0.25) is 0 Å². The second-order valence-electron chi connectivity index (χ2n) is 7.72. The summed E-state index contributed by atoms with van der Waals surface area (Å²) in [6, 6.07) is 5.36. The average Bonchev–Trinajstić information content (AvgIpc) is 2.91. The quantitative estimate of drug-likeness (QED) is 0.172. The first-order valence-electron chi connectivity index (χ1n) is 8.79. The van der Waals surface area contributed by atoms with Crippen molar-refractivity contribution in [1.29, 1.82) is 0 Å². The van der Waals surface area contributed by atoms with Crippen molar-refractivity contribution < 1.29 is 13.9 Å². The van der Waals surface area contributed by atoms with Crippen LogP contribution in [0.15, 0.2) is 30.6 Å². The summed E-state index contributed by atoms with van der Waals surface area (Å²) >= 11 is 8.51. The Balaban J connectivity index is 1.89. The van der Waals surface area contributed by atoms with E-state index >= 15 is 0 Å². The Morgan fingerprint density at radius 1 is 1.32 bits per heavy atom. The van der Waals surface area contributed by atoms with E-state index in [-0.39, 0.29) is 5.75 Å². The SMILES string of the molecule is C[Si](C)(C)CCOCn1cc(I)c2c(Oc3ccc(N)cc3F)c(Cl)cnc21. The lowest BCUT2D eigenvalue weighted by atomic mass is 10.3. The van der Waals surface area contributed by atoms with Crippen molar-refractivity contribution in [3.63, 3.8) is 0 Å². The number of nitrogens with zero attached hydrogens (tertiary/aromatic N) is 2. The number of fused-ring (bicyclic) bond motifs is 1. The largest absolute Gasteiger partial charge is 0.452 e. The maximum Gasteiger partial charge on any atom is 0.167 e. The summed E-state index contributed by atoms with van der Waals surface area (Å²) < 4.78 is 28.6. The van der Waals surface area contributed by atoms with Gasteiger partial charge < -0.3 is 19.8 Å². The van der Waals surface area contributed by atoms with E-state index < -0.39 is 13.9 Å². The zero-order valence-corrected chi connectivity index (χ0v) is 19.8. The molecule has 2 heterocycles. The molecule has 0 atom stereocenters. The van der Waals surface area contributed by atoms with Gasteiger partial charge in [0.25, 0.3) is 0 Å². The van der Waals surface area contributed by atoms with Crippen LogP contribution in [-0.4, -0.2) is 24.2 Å². The number of ether oxygens (including phenoxy) is 2. The Hall–Kier alpha value is -1.36. The third-order valence-corrected chi connectivity index (χ3v) is 6.93. The molecule has 0 saturated heterocycles. The van der Waals surface area contributed by atoms with Crippen molar-refractivity contribution in [3.05, 3.63) is 45.0 Å². The first kappa shape index (κ1) is 21.3. The zero-order valence-electron chi connectivity index (χ0n) is 15.9. The maximum atomic E-state index is 14.2. The summed E-state index contributed by atoms with van der Waals surface area (Å²) in [6.45, 7) is 8.03. The van der Waals surface area contributed by atoms with Gasteiger partial charge in [-0.1, -0.05) is 31.2 Å². The molecule has 1 aromatic carbocycles. The van der Waals surface area contributed by atoms with Crippen LogP contribution in [0.3, 0.4) is 0 Å². The molecule has 28 heavy (non-hydrogen) atoms. The number of aromatic nitrogens is 2. The van der Waals surface area contributed by atoms with Crippen LogP contribution < -0.4 is 10.5 Å². The molecule has 150 valence electrons. The molecule has 3 rings (SSSR count). The molecule has 0 amide bonds. The Bertz CT molecular complexity index is 1010. The number of benzene rings is 1. The van der Waals surface area contributed by atoms with Crippen molar-refractivity contribution >= 4 is 59.0 Å². The van der Waals surface area contributed by atoms with Gasteiger partial charge in [0.05, 0.1) is 11.6 Å². The highest BCUT2D eigenvalue weighted by Gasteiger charge is 2.19. The third-order valence-electron chi connectivity index (χ3n) is 4.14. The highest BCUT2D eigenvalue weighted by molar-refractivity contribution is 14.1. The molecular weight excluding hydrogens is 512 g/mol. The minimum atomic E-state index is -1.15. The number of pyridine rings is 1. The van der Waals surface area contributed by atoms with Crippen molar-refractivity contribution in [1.82, 2.24) is 9.55 Å². The highest BCUT2D eigenvalue weighted by atomic mass is 127. The molecule has 0 unspecified atom stereocenters. The Kier molecular flexibility index (Phi) is 6.53. The van der Waals surface area contributed by atoms with E-state index in [1.165, 1.54) is 18.3 Å². The molecule has 2 N–H and O–H groups in total.